The zero-order valence-electron chi connectivity index (χ0n) is 14.9. The van der Waals surface area contributed by atoms with Gasteiger partial charge in [0.1, 0.15) is 0 Å². The summed E-state index contributed by atoms with van der Waals surface area (Å²) < 4.78 is 44.7. The lowest BCUT2D eigenvalue weighted by molar-refractivity contribution is -0.137. The third kappa shape index (κ3) is 3.78. The number of nitrogens with one attached hydrogen (secondary N) is 2. The topological polar surface area (TPSA) is 33.3 Å². The summed E-state index contributed by atoms with van der Waals surface area (Å²) in [5.41, 5.74) is 0.169. The molecular formula is C20H27F3N2O. The second-order valence-corrected chi connectivity index (χ2v) is 8.08. The molecule has 144 valence electrons. The zero-order valence-corrected chi connectivity index (χ0v) is 14.9. The fraction of sp³-hybridized carbons (Fsp3) is 0.700. The lowest BCUT2D eigenvalue weighted by Crippen LogP contribution is -2.51. The Labute approximate surface area is 152 Å². The number of hydrogen-bond donors (Lipinski definition) is 2. The Morgan fingerprint density at radius 1 is 1.23 bits per heavy atom. The van der Waals surface area contributed by atoms with Gasteiger partial charge in [-0.05, 0) is 43.2 Å². The summed E-state index contributed by atoms with van der Waals surface area (Å²) >= 11 is 0. The van der Waals surface area contributed by atoms with E-state index in [4.69, 9.17) is 4.74 Å². The molecule has 2 saturated carbocycles. The van der Waals surface area contributed by atoms with Crippen LogP contribution in [-0.2, 0) is 16.3 Å². The lowest BCUT2D eigenvalue weighted by atomic mass is 9.91. The van der Waals surface area contributed by atoms with Gasteiger partial charge < -0.3 is 15.4 Å². The second-order valence-electron chi connectivity index (χ2n) is 8.08. The number of hydrogen-bond acceptors (Lipinski definition) is 3. The molecule has 3 atom stereocenters. The van der Waals surface area contributed by atoms with Crippen LogP contribution >= 0.6 is 0 Å². The summed E-state index contributed by atoms with van der Waals surface area (Å²) in [5, 5.41) is 7.28. The Morgan fingerprint density at radius 2 is 2.08 bits per heavy atom. The van der Waals surface area contributed by atoms with Crippen molar-refractivity contribution in [2.45, 2.75) is 55.8 Å². The van der Waals surface area contributed by atoms with Gasteiger partial charge in [-0.15, -0.1) is 0 Å². The first-order chi connectivity index (χ1) is 12.5. The van der Waals surface area contributed by atoms with Crippen LogP contribution < -0.4 is 10.6 Å². The van der Waals surface area contributed by atoms with Crippen LogP contribution in [0.15, 0.2) is 24.3 Å². The van der Waals surface area contributed by atoms with Gasteiger partial charge in [-0.3, -0.25) is 0 Å². The number of halogens is 3. The van der Waals surface area contributed by atoms with Gasteiger partial charge in [-0.2, -0.15) is 13.2 Å². The van der Waals surface area contributed by atoms with Crippen LogP contribution in [0.1, 0.15) is 43.2 Å². The highest BCUT2D eigenvalue weighted by Gasteiger charge is 2.46. The first-order valence-electron chi connectivity index (χ1n) is 9.70. The van der Waals surface area contributed by atoms with Gasteiger partial charge in [0.05, 0.1) is 18.8 Å². The van der Waals surface area contributed by atoms with E-state index < -0.39 is 11.7 Å². The van der Waals surface area contributed by atoms with Crippen molar-refractivity contribution in [2.75, 3.05) is 26.3 Å². The fourth-order valence-electron chi connectivity index (χ4n) is 4.65. The SMILES string of the molecule is FC(F)(F)c1cccc(C2(CNC3CCCC3C3COCCN3)CC2)c1. The molecule has 0 spiro atoms. The smallest absolute Gasteiger partial charge is 0.379 e. The molecule has 3 aliphatic rings. The lowest BCUT2D eigenvalue weighted by Gasteiger charge is -2.33. The third-order valence-electron chi connectivity index (χ3n) is 6.40. The Morgan fingerprint density at radius 3 is 2.77 bits per heavy atom. The van der Waals surface area contributed by atoms with Gasteiger partial charge in [0.15, 0.2) is 0 Å². The summed E-state index contributed by atoms with van der Waals surface area (Å²) in [6, 6.07) is 6.73. The molecule has 1 aromatic rings. The minimum atomic E-state index is -4.28. The van der Waals surface area contributed by atoms with Gasteiger partial charge in [-0.25, -0.2) is 0 Å². The monoisotopic (exact) mass is 368 g/mol. The number of benzene rings is 1. The molecule has 4 rings (SSSR count). The molecule has 3 unspecified atom stereocenters. The molecule has 1 saturated heterocycles. The van der Waals surface area contributed by atoms with Crippen molar-refractivity contribution in [1.29, 1.82) is 0 Å². The van der Waals surface area contributed by atoms with Crippen molar-refractivity contribution in [3.8, 4) is 0 Å². The third-order valence-corrected chi connectivity index (χ3v) is 6.40. The van der Waals surface area contributed by atoms with Crippen molar-refractivity contribution in [3.63, 3.8) is 0 Å². The van der Waals surface area contributed by atoms with Gasteiger partial charge in [0.2, 0.25) is 0 Å². The largest absolute Gasteiger partial charge is 0.416 e. The van der Waals surface area contributed by atoms with Crippen molar-refractivity contribution in [3.05, 3.63) is 35.4 Å². The van der Waals surface area contributed by atoms with Crippen LogP contribution in [-0.4, -0.2) is 38.4 Å². The predicted octanol–water partition coefficient (Wildman–Crippen LogP) is 3.48. The minimum Gasteiger partial charge on any atom is -0.379 e. The maximum absolute atomic E-state index is 13.0. The standard InChI is InChI=1S/C20H27F3N2O/c21-20(22,23)15-4-1-3-14(11-15)19(7-8-19)13-25-17-6-2-5-16(17)18-12-26-10-9-24-18/h1,3-4,11,16-18,24-25H,2,5-10,12-13H2. The molecule has 0 bridgehead atoms. The van der Waals surface area contributed by atoms with Crippen LogP contribution in [0.5, 0.6) is 0 Å². The quantitative estimate of drug-likeness (QED) is 0.835. The van der Waals surface area contributed by atoms with Crippen LogP contribution in [0.25, 0.3) is 0 Å². The zero-order chi connectivity index (χ0) is 18.2. The number of morpholine rings is 1. The summed E-state index contributed by atoms with van der Waals surface area (Å²) in [4.78, 5) is 0. The van der Waals surface area contributed by atoms with Crippen LogP contribution in [0.2, 0.25) is 0 Å². The average Bonchev–Trinajstić information content (AvgIpc) is 3.29. The maximum Gasteiger partial charge on any atom is 0.416 e. The van der Waals surface area contributed by atoms with E-state index in [-0.39, 0.29) is 5.41 Å². The highest BCUT2D eigenvalue weighted by atomic mass is 19.4. The molecule has 0 aromatic heterocycles. The molecule has 0 amide bonds. The van der Waals surface area contributed by atoms with Gasteiger partial charge in [0.25, 0.3) is 0 Å². The maximum atomic E-state index is 13.0. The Kier molecular flexibility index (Phi) is 5.01. The molecule has 0 radical (unpaired) electrons. The molecule has 1 aliphatic heterocycles. The van der Waals surface area contributed by atoms with E-state index >= 15 is 0 Å². The van der Waals surface area contributed by atoms with Crippen LogP contribution in [0.3, 0.4) is 0 Å². The van der Waals surface area contributed by atoms with Gasteiger partial charge in [-0.1, -0.05) is 24.6 Å². The first kappa shape index (κ1) is 18.3. The molecule has 1 heterocycles. The molecular weight excluding hydrogens is 341 g/mol. The average molecular weight is 368 g/mol. The van der Waals surface area contributed by atoms with E-state index in [1.807, 2.05) is 6.07 Å². The normalized spacial score (nSPS) is 31.1. The molecule has 1 aromatic carbocycles. The number of ether oxygens (including phenoxy) is 1. The molecule has 26 heavy (non-hydrogen) atoms. The van der Waals surface area contributed by atoms with E-state index in [0.29, 0.717) is 18.0 Å². The number of alkyl halides is 3. The van der Waals surface area contributed by atoms with E-state index in [9.17, 15) is 13.2 Å². The first-order valence-corrected chi connectivity index (χ1v) is 9.70. The van der Waals surface area contributed by atoms with Gasteiger partial charge >= 0.3 is 6.18 Å². The minimum absolute atomic E-state index is 0.120. The fourth-order valence-corrected chi connectivity index (χ4v) is 4.65. The van der Waals surface area contributed by atoms with Gasteiger partial charge in [0, 0.05) is 30.6 Å². The second kappa shape index (κ2) is 7.13. The van der Waals surface area contributed by atoms with E-state index in [1.54, 1.807) is 6.07 Å². The molecule has 2 aliphatic carbocycles. The van der Waals surface area contributed by atoms with E-state index in [2.05, 4.69) is 10.6 Å². The summed E-state index contributed by atoms with van der Waals surface area (Å²) in [6.07, 6.45) is 1.18. The molecule has 3 fully saturated rings. The van der Waals surface area contributed by atoms with Crippen molar-refractivity contribution in [2.24, 2.45) is 5.92 Å². The Hall–Kier alpha value is -1.11. The Balaban J connectivity index is 1.41. The van der Waals surface area contributed by atoms with Crippen LogP contribution in [0, 0.1) is 5.92 Å². The number of rotatable bonds is 5. The van der Waals surface area contributed by atoms with Crippen molar-refractivity contribution in [1.82, 2.24) is 10.6 Å². The summed E-state index contributed by atoms with van der Waals surface area (Å²) in [7, 11) is 0. The molecule has 6 heteroatoms. The highest BCUT2D eigenvalue weighted by Crippen LogP contribution is 2.49. The van der Waals surface area contributed by atoms with E-state index in [1.165, 1.54) is 18.9 Å². The highest BCUT2D eigenvalue weighted by molar-refractivity contribution is 5.36. The Bertz CT molecular complexity index is 624. The van der Waals surface area contributed by atoms with E-state index in [0.717, 1.165) is 57.2 Å². The summed E-state index contributed by atoms with van der Waals surface area (Å²) in [6.45, 7) is 3.21. The molecule has 3 nitrogen and oxygen atoms in total. The van der Waals surface area contributed by atoms with Crippen LogP contribution in [0.4, 0.5) is 13.2 Å². The van der Waals surface area contributed by atoms with Crippen molar-refractivity contribution >= 4 is 0 Å². The van der Waals surface area contributed by atoms with Crippen molar-refractivity contribution < 1.29 is 17.9 Å². The summed E-state index contributed by atoms with van der Waals surface area (Å²) in [5.74, 6) is 0.549. The molecule has 2 N–H and O–H groups in total. The predicted molar refractivity (Wildman–Crippen MR) is 94.1 cm³/mol.